The number of aromatic carboxylic acids is 1. The predicted molar refractivity (Wildman–Crippen MR) is 76.9 cm³/mol. The van der Waals surface area contributed by atoms with E-state index in [0.717, 1.165) is 21.3 Å². The number of halogens is 1. The van der Waals surface area contributed by atoms with Gasteiger partial charge in [-0.15, -0.1) is 11.3 Å². The third-order valence-corrected chi connectivity index (χ3v) is 4.13. The van der Waals surface area contributed by atoms with E-state index in [1.165, 1.54) is 11.3 Å². The molecule has 0 atom stereocenters. The lowest BCUT2D eigenvalue weighted by molar-refractivity contribution is 0.0697. The zero-order valence-electron chi connectivity index (χ0n) is 10.2. The van der Waals surface area contributed by atoms with Crippen LogP contribution in [0, 0.1) is 0 Å². The van der Waals surface area contributed by atoms with Gasteiger partial charge >= 0.3 is 5.97 Å². The smallest absolute Gasteiger partial charge is 0.349 e. The summed E-state index contributed by atoms with van der Waals surface area (Å²) in [5.74, 6) is -0.526. The Hall–Kier alpha value is -1.40. The summed E-state index contributed by atoms with van der Waals surface area (Å²) in [7, 11) is 0. The number of hydrogen-bond acceptors (Lipinski definition) is 4. The Morgan fingerprint density at radius 2 is 2.26 bits per heavy atom. The molecule has 100 valence electrons. The first-order valence-corrected chi connectivity index (χ1v) is 7.29. The van der Waals surface area contributed by atoms with E-state index in [0.29, 0.717) is 12.4 Å². The molecule has 0 aliphatic rings. The fraction of sp³-hybridized carbons (Fsp3) is 0.231. The van der Waals surface area contributed by atoms with Gasteiger partial charge in [0, 0.05) is 27.3 Å². The molecule has 2 aromatic heterocycles. The number of aromatic nitrogens is 1. The third-order valence-electron chi connectivity index (χ3n) is 2.45. The molecule has 0 bridgehead atoms. The van der Waals surface area contributed by atoms with Crippen molar-refractivity contribution in [3.63, 3.8) is 0 Å². The summed E-state index contributed by atoms with van der Waals surface area (Å²) in [6, 6.07) is 3.68. The molecule has 1 N–H and O–H groups in total. The SMILES string of the molecule is CCc1cc(OCc2cncc(Br)c2)c(C(=O)O)s1. The summed E-state index contributed by atoms with van der Waals surface area (Å²) in [6.07, 6.45) is 4.18. The molecule has 2 rings (SSSR count). The summed E-state index contributed by atoms with van der Waals surface area (Å²) in [4.78, 5) is 16.4. The minimum Gasteiger partial charge on any atom is -0.487 e. The van der Waals surface area contributed by atoms with Crippen molar-refractivity contribution in [3.8, 4) is 5.75 Å². The molecular formula is C13H12BrNO3S. The summed E-state index contributed by atoms with van der Waals surface area (Å²) in [5, 5.41) is 9.13. The molecule has 0 aliphatic carbocycles. The van der Waals surface area contributed by atoms with Gasteiger partial charge in [-0.3, -0.25) is 4.98 Å². The Morgan fingerprint density at radius 3 is 2.89 bits per heavy atom. The molecule has 0 unspecified atom stereocenters. The minimum atomic E-state index is -0.952. The van der Waals surface area contributed by atoms with Crippen LogP contribution in [0.1, 0.15) is 27.0 Å². The highest BCUT2D eigenvalue weighted by Crippen LogP contribution is 2.30. The summed E-state index contributed by atoms with van der Waals surface area (Å²) < 4.78 is 6.46. The van der Waals surface area contributed by atoms with Crippen LogP contribution in [0.25, 0.3) is 0 Å². The zero-order valence-corrected chi connectivity index (χ0v) is 12.6. The van der Waals surface area contributed by atoms with Gasteiger partial charge < -0.3 is 9.84 Å². The van der Waals surface area contributed by atoms with E-state index < -0.39 is 5.97 Å². The van der Waals surface area contributed by atoms with E-state index >= 15 is 0 Å². The molecule has 4 nitrogen and oxygen atoms in total. The van der Waals surface area contributed by atoms with Crippen molar-refractivity contribution >= 4 is 33.2 Å². The standard InChI is InChI=1S/C13H12BrNO3S/c1-2-10-4-11(12(19-10)13(16)17)18-7-8-3-9(14)6-15-5-8/h3-6H,2,7H2,1H3,(H,16,17). The molecule has 0 spiro atoms. The van der Waals surface area contributed by atoms with E-state index in [1.54, 1.807) is 18.5 Å². The van der Waals surface area contributed by atoms with Crippen LogP contribution in [-0.2, 0) is 13.0 Å². The van der Waals surface area contributed by atoms with Crippen molar-refractivity contribution in [2.75, 3.05) is 0 Å². The summed E-state index contributed by atoms with van der Waals surface area (Å²) in [5.41, 5.74) is 0.884. The Kier molecular flexibility index (Phi) is 4.55. The molecule has 19 heavy (non-hydrogen) atoms. The van der Waals surface area contributed by atoms with Gasteiger partial charge in [0.15, 0.2) is 4.88 Å². The lowest BCUT2D eigenvalue weighted by Crippen LogP contribution is -2.00. The molecule has 0 aliphatic heterocycles. The first kappa shape index (κ1) is 14.0. The van der Waals surface area contributed by atoms with Crippen molar-refractivity contribution in [1.29, 1.82) is 0 Å². The number of rotatable bonds is 5. The van der Waals surface area contributed by atoms with Crippen molar-refractivity contribution in [3.05, 3.63) is 44.3 Å². The molecule has 0 radical (unpaired) electrons. The second-order valence-electron chi connectivity index (χ2n) is 3.86. The van der Waals surface area contributed by atoms with E-state index in [4.69, 9.17) is 9.84 Å². The highest BCUT2D eigenvalue weighted by atomic mass is 79.9. The van der Waals surface area contributed by atoms with E-state index in [-0.39, 0.29) is 4.88 Å². The highest BCUT2D eigenvalue weighted by molar-refractivity contribution is 9.10. The third kappa shape index (κ3) is 3.54. The molecule has 6 heteroatoms. The highest BCUT2D eigenvalue weighted by Gasteiger charge is 2.16. The molecule has 0 aromatic carbocycles. The maximum absolute atomic E-state index is 11.1. The maximum atomic E-state index is 11.1. The van der Waals surface area contributed by atoms with Crippen LogP contribution in [0.15, 0.2) is 29.0 Å². The van der Waals surface area contributed by atoms with Crippen LogP contribution >= 0.6 is 27.3 Å². The Labute approximate surface area is 123 Å². The Bertz CT molecular complexity index is 597. The minimum absolute atomic E-state index is 0.250. The lowest BCUT2D eigenvalue weighted by Gasteiger charge is -2.05. The predicted octanol–water partition coefficient (Wildman–Crippen LogP) is 3.75. The lowest BCUT2D eigenvalue weighted by atomic mass is 10.3. The first-order chi connectivity index (χ1) is 9.10. The van der Waals surface area contributed by atoms with E-state index in [2.05, 4.69) is 20.9 Å². The Morgan fingerprint density at radius 1 is 1.47 bits per heavy atom. The number of carbonyl (C=O) groups is 1. The number of nitrogens with zero attached hydrogens (tertiary/aromatic N) is 1. The van der Waals surface area contributed by atoms with Crippen LogP contribution < -0.4 is 4.74 Å². The molecule has 0 saturated carbocycles. The zero-order chi connectivity index (χ0) is 13.8. The van der Waals surface area contributed by atoms with Gasteiger partial charge in [-0.1, -0.05) is 6.92 Å². The summed E-state index contributed by atoms with van der Waals surface area (Å²) in [6.45, 7) is 2.28. The maximum Gasteiger partial charge on any atom is 0.349 e. The number of pyridine rings is 1. The van der Waals surface area contributed by atoms with Gasteiger partial charge in [0.25, 0.3) is 0 Å². The average molecular weight is 342 g/mol. The van der Waals surface area contributed by atoms with Crippen molar-refractivity contribution in [1.82, 2.24) is 4.98 Å². The molecule has 0 saturated heterocycles. The van der Waals surface area contributed by atoms with Gasteiger partial charge in [-0.05, 0) is 34.5 Å². The second kappa shape index (κ2) is 6.16. The quantitative estimate of drug-likeness (QED) is 0.899. The van der Waals surface area contributed by atoms with Crippen LogP contribution in [0.3, 0.4) is 0 Å². The monoisotopic (exact) mass is 341 g/mol. The fourth-order valence-electron chi connectivity index (χ4n) is 1.55. The number of thiophene rings is 1. The average Bonchev–Trinajstić information content (AvgIpc) is 2.80. The largest absolute Gasteiger partial charge is 0.487 e. The van der Waals surface area contributed by atoms with Crippen molar-refractivity contribution < 1.29 is 14.6 Å². The Balaban J connectivity index is 2.14. The number of aryl methyl sites for hydroxylation is 1. The van der Waals surface area contributed by atoms with Gasteiger partial charge in [0.2, 0.25) is 0 Å². The van der Waals surface area contributed by atoms with E-state index in [9.17, 15) is 4.79 Å². The molecule has 2 aromatic rings. The van der Waals surface area contributed by atoms with Crippen LogP contribution in [0.5, 0.6) is 5.75 Å². The van der Waals surface area contributed by atoms with Crippen LogP contribution in [0.2, 0.25) is 0 Å². The molecular weight excluding hydrogens is 330 g/mol. The number of carboxylic acid groups (broad SMARTS) is 1. The van der Waals surface area contributed by atoms with Gasteiger partial charge in [-0.2, -0.15) is 0 Å². The first-order valence-electron chi connectivity index (χ1n) is 5.68. The molecule has 0 amide bonds. The van der Waals surface area contributed by atoms with Crippen LogP contribution in [0.4, 0.5) is 0 Å². The number of ether oxygens (including phenoxy) is 1. The summed E-state index contributed by atoms with van der Waals surface area (Å²) >= 11 is 4.59. The van der Waals surface area contributed by atoms with Gasteiger partial charge in [-0.25, -0.2) is 4.79 Å². The second-order valence-corrected chi connectivity index (χ2v) is 5.92. The topological polar surface area (TPSA) is 59.4 Å². The molecule has 0 fully saturated rings. The number of hydrogen-bond donors (Lipinski definition) is 1. The number of carboxylic acids is 1. The normalized spacial score (nSPS) is 10.4. The van der Waals surface area contributed by atoms with Crippen LogP contribution in [-0.4, -0.2) is 16.1 Å². The fourth-order valence-corrected chi connectivity index (χ4v) is 2.84. The molecule has 2 heterocycles. The van der Waals surface area contributed by atoms with Gasteiger partial charge in [0.1, 0.15) is 12.4 Å². The van der Waals surface area contributed by atoms with E-state index in [1.807, 2.05) is 13.0 Å². The van der Waals surface area contributed by atoms with Gasteiger partial charge in [0.05, 0.1) is 0 Å². The van der Waals surface area contributed by atoms with Crippen molar-refractivity contribution in [2.45, 2.75) is 20.0 Å². The van der Waals surface area contributed by atoms with Crippen molar-refractivity contribution in [2.24, 2.45) is 0 Å².